The molecular formula is C15H20N2O5. The zero-order chi connectivity index (χ0) is 16.5. The van der Waals surface area contributed by atoms with E-state index >= 15 is 0 Å². The van der Waals surface area contributed by atoms with Gasteiger partial charge in [-0.1, -0.05) is 0 Å². The van der Waals surface area contributed by atoms with Gasteiger partial charge in [-0.25, -0.2) is 4.79 Å². The molecule has 120 valence electrons. The third-order valence-corrected chi connectivity index (χ3v) is 3.13. The molecule has 1 aromatic heterocycles. The molecule has 0 spiro atoms. The van der Waals surface area contributed by atoms with E-state index in [0.717, 1.165) is 0 Å². The Morgan fingerprint density at radius 3 is 2.55 bits per heavy atom. The van der Waals surface area contributed by atoms with Crippen molar-refractivity contribution in [1.82, 2.24) is 10.2 Å². The van der Waals surface area contributed by atoms with Gasteiger partial charge in [0.05, 0.1) is 6.04 Å². The normalized spacial score (nSPS) is 15.2. The lowest BCUT2D eigenvalue weighted by Crippen LogP contribution is -2.61. The van der Waals surface area contributed by atoms with E-state index in [-0.39, 0.29) is 23.5 Å². The van der Waals surface area contributed by atoms with Gasteiger partial charge in [-0.2, -0.15) is 0 Å². The van der Waals surface area contributed by atoms with Crippen LogP contribution in [0.5, 0.6) is 0 Å². The molecule has 22 heavy (non-hydrogen) atoms. The van der Waals surface area contributed by atoms with Crippen molar-refractivity contribution >= 4 is 18.3 Å². The highest BCUT2D eigenvalue weighted by molar-refractivity contribution is 5.94. The molecule has 1 fully saturated rings. The van der Waals surface area contributed by atoms with Gasteiger partial charge in [0.15, 0.2) is 17.8 Å². The summed E-state index contributed by atoms with van der Waals surface area (Å²) in [7, 11) is 0. The maximum atomic E-state index is 12.0. The van der Waals surface area contributed by atoms with Crippen molar-refractivity contribution in [3.63, 3.8) is 0 Å². The number of rotatable bonds is 3. The average Bonchev–Trinajstić information content (AvgIpc) is 2.72. The molecule has 0 atom stereocenters. The van der Waals surface area contributed by atoms with Crippen molar-refractivity contribution in [1.29, 1.82) is 0 Å². The van der Waals surface area contributed by atoms with E-state index in [9.17, 15) is 14.4 Å². The number of ether oxygens (including phenoxy) is 1. The van der Waals surface area contributed by atoms with Crippen molar-refractivity contribution in [2.75, 3.05) is 13.1 Å². The molecule has 1 saturated heterocycles. The number of nitrogens with zero attached hydrogens (tertiary/aromatic N) is 1. The molecular weight excluding hydrogens is 288 g/mol. The summed E-state index contributed by atoms with van der Waals surface area (Å²) < 4.78 is 10.4. The number of amides is 2. The first-order valence-corrected chi connectivity index (χ1v) is 7.04. The van der Waals surface area contributed by atoms with Gasteiger partial charge in [-0.05, 0) is 33.8 Å². The van der Waals surface area contributed by atoms with Crippen molar-refractivity contribution in [2.24, 2.45) is 0 Å². The van der Waals surface area contributed by atoms with Crippen LogP contribution >= 0.6 is 0 Å². The lowest BCUT2D eigenvalue weighted by atomic mass is 10.1. The fourth-order valence-corrected chi connectivity index (χ4v) is 2.09. The fourth-order valence-electron chi connectivity index (χ4n) is 2.09. The molecule has 2 rings (SSSR count). The molecule has 7 nitrogen and oxygen atoms in total. The summed E-state index contributed by atoms with van der Waals surface area (Å²) in [5.74, 6) is -0.149. The molecule has 1 aromatic rings. The van der Waals surface area contributed by atoms with E-state index in [1.165, 1.54) is 11.0 Å². The summed E-state index contributed by atoms with van der Waals surface area (Å²) in [4.78, 5) is 36.0. The number of furan rings is 1. The Hall–Kier alpha value is -2.31. The smallest absolute Gasteiger partial charge is 0.410 e. The van der Waals surface area contributed by atoms with Gasteiger partial charge in [0.2, 0.25) is 0 Å². The van der Waals surface area contributed by atoms with Crippen LogP contribution in [0, 0.1) is 6.92 Å². The number of aryl methyl sites for hydroxylation is 1. The molecule has 0 unspecified atom stereocenters. The average molecular weight is 308 g/mol. The van der Waals surface area contributed by atoms with Gasteiger partial charge in [0, 0.05) is 18.7 Å². The number of hydrogen-bond donors (Lipinski definition) is 1. The Morgan fingerprint density at radius 1 is 1.41 bits per heavy atom. The summed E-state index contributed by atoms with van der Waals surface area (Å²) in [5.41, 5.74) is 0.0602. The van der Waals surface area contributed by atoms with Crippen LogP contribution in [-0.4, -0.2) is 47.9 Å². The second-order valence-electron chi connectivity index (χ2n) is 6.33. The van der Waals surface area contributed by atoms with Gasteiger partial charge in [0.25, 0.3) is 5.91 Å². The highest BCUT2D eigenvalue weighted by atomic mass is 16.6. The van der Waals surface area contributed by atoms with Gasteiger partial charge < -0.3 is 19.4 Å². The monoisotopic (exact) mass is 308 g/mol. The number of aldehydes is 1. The van der Waals surface area contributed by atoms with E-state index in [0.29, 0.717) is 24.9 Å². The van der Waals surface area contributed by atoms with Crippen LogP contribution in [-0.2, 0) is 4.74 Å². The molecule has 2 amide bonds. The maximum absolute atomic E-state index is 12.0. The van der Waals surface area contributed by atoms with E-state index in [1.807, 2.05) is 0 Å². The molecule has 7 heteroatoms. The molecule has 0 bridgehead atoms. The largest absolute Gasteiger partial charge is 0.448 e. The Balaban J connectivity index is 1.84. The van der Waals surface area contributed by atoms with Gasteiger partial charge in [0.1, 0.15) is 5.60 Å². The standard InChI is InChI=1S/C15H20N2O5/c1-9-5-11(8-18)21-12(9)13(19)16-10-6-17(7-10)14(20)22-15(2,3)4/h5,8,10H,6-7H2,1-4H3,(H,16,19). The Bertz CT molecular complexity index is 594. The minimum absolute atomic E-state index is 0.117. The van der Waals surface area contributed by atoms with Gasteiger partial charge in [-0.3, -0.25) is 9.59 Å². The van der Waals surface area contributed by atoms with E-state index in [2.05, 4.69) is 5.32 Å². The lowest BCUT2D eigenvalue weighted by Gasteiger charge is -2.39. The molecule has 1 aliphatic rings. The number of likely N-dealkylation sites (tertiary alicyclic amines) is 1. The number of nitrogens with one attached hydrogen (secondary N) is 1. The van der Waals surface area contributed by atoms with Crippen LogP contribution < -0.4 is 5.32 Å². The van der Waals surface area contributed by atoms with E-state index in [1.54, 1.807) is 27.7 Å². The van der Waals surface area contributed by atoms with Crippen molar-refractivity contribution in [3.05, 3.63) is 23.2 Å². The summed E-state index contributed by atoms with van der Waals surface area (Å²) in [6.45, 7) is 7.87. The first kappa shape index (κ1) is 16.1. The van der Waals surface area contributed by atoms with Crippen LogP contribution in [0.4, 0.5) is 4.79 Å². The number of carbonyl (C=O) groups excluding carboxylic acids is 3. The van der Waals surface area contributed by atoms with Crippen LogP contribution in [0.3, 0.4) is 0 Å². The second kappa shape index (κ2) is 5.82. The maximum Gasteiger partial charge on any atom is 0.410 e. The Kier molecular flexibility index (Phi) is 4.25. The zero-order valence-corrected chi connectivity index (χ0v) is 13.1. The van der Waals surface area contributed by atoms with Crippen molar-refractivity contribution < 1.29 is 23.5 Å². The van der Waals surface area contributed by atoms with Crippen LogP contribution in [0.25, 0.3) is 0 Å². The second-order valence-corrected chi connectivity index (χ2v) is 6.33. The van der Waals surface area contributed by atoms with Crippen LogP contribution in [0.1, 0.15) is 47.4 Å². The third kappa shape index (κ3) is 3.66. The zero-order valence-electron chi connectivity index (χ0n) is 13.1. The first-order valence-electron chi connectivity index (χ1n) is 7.04. The highest BCUT2D eigenvalue weighted by Gasteiger charge is 2.35. The van der Waals surface area contributed by atoms with Crippen molar-refractivity contribution in [2.45, 2.75) is 39.3 Å². The molecule has 0 radical (unpaired) electrons. The Labute approximate surface area is 128 Å². The van der Waals surface area contributed by atoms with Crippen molar-refractivity contribution in [3.8, 4) is 0 Å². The summed E-state index contributed by atoms with van der Waals surface area (Å²) in [6, 6.07) is 1.36. The molecule has 1 aliphatic heterocycles. The molecule has 0 aromatic carbocycles. The quantitative estimate of drug-likeness (QED) is 0.859. The molecule has 2 heterocycles. The summed E-state index contributed by atoms with van der Waals surface area (Å²) >= 11 is 0. The minimum atomic E-state index is -0.540. The van der Waals surface area contributed by atoms with E-state index < -0.39 is 11.7 Å². The first-order chi connectivity index (χ1) is 10.2. The topological polar surface area (TPSA) is 88.9 Å². The minimum Gasteiger partial charge on any atom is -0.448 e. The fraction of sp³-hybridized carbons (Fsp3) is 0.533. The van der Waals surface area contributed by atoms with Gasteiger partial charge in [-0.15, -0.1) is 0 Å². The molecule has 0 aliphatic carbocycles. The summed E-state index contributed by atoms with van der Waals surface area (Å²) in [6.07, 6.45) is 0.160. The number of carbonyl (C=O) groups is 3. The molecule has 1 N–H and O–H groups in total. The SMILES string of the molecule is Cc1cc(C=O)oc1C(=O)NC1CN(C(=O)OC(C)(C)C)C1. The van der Waals surface area contributed by atoms with E-state index in [4.69, 9.17) is 9.15 Å². The number of hydrogen-bond acceptors (Lipinski definition) is 5. The van der Waals surface area contributed by atoms with Gasteiger partial charge >= 0.3 is 6.09 Å². The lowest BCUT2D eigenvalue weighted by molar-refractivity contribution is 0.00520. The van der Waals surface area contributed by atoms with Crippen LogP contribution in [0.15, 0.2) is 10.5 Å². The Morgan fingerprint density at radius 2 is 2.05 bits per heavy atom. The predicted molar refractivity (Wildman–Crippen MR) is 77.9 cm³/mol. The summed E-state index contributed by atoms with van der Waals surface area (Å²) in [5, 5.41) is 2.76. The molecule has 0 saturated carbocycles. The predicted octanol–water partition coefficient (Wildman–Crippen LogP) is 1.75. The van der Waals surface area contributed by atoms with Crippen LogP contribution in [0.2, 0.25) is 0 Å². The third-order valence-electron chi connectivity index (χ3n) is 3.13. The highest BCUT2D eigenvalue weighted by Crippen LogP contribution is 2.17.